The first-order valence-corrected chi connectivity index (χ1v) is 9.46. The van der Waals surface area contributed by atoms with Gasteiger partial charge in [0.05, 0.1) is 6.54 Å². The summed E-state index contributed by atoms with van der Waals surface area (Å²) in [7, 11) is 0. The molecule has 4 rings (SSSR count). The second-order valence-electron chi connectivity index (χ2n) is 7.71. The van der Waals surface area contributed by atoms with Gasteiger partial charge in [-0.3, -0.25) is 14.5 Å². The highest BCUT2D eigenvalue weighted by Crippen LogP contribution is 2.39. The number of amides is 1. The Balaban J connectivity index is 1.47. The average molecular weight is 342 g/mol. The fraction of sp³-hybridized carbons (Fsp3) is 0.600. The molecule has 2 fully saturated rings. The molecule has 0 radical (unpaired) electrons. The van der Waals surface area contributed by atoms with Crippen LogP contribution in [0.5, 0.6) is 0 Å². The molecule has 1 aliphatic carbocycles. The highest BCUT2D eigenvalue weighted by Gasteiger charge is 2.46. The van der Waals surface area contributed by atoms with Crippen molar-refractivity contribution in [2.24, 2.45) is 5.92 Å². The molecule has 1 N–H and O–H groups in total. The number of carboxylic acids is 1. The lowest BCUT2D eigenvalue weighted by atomic mass is 9.85. The summed E-state index contributed by atoms with van der Waals surface area (Å²) >= 11 is 0. The summed E-state index contributed by atoms with van der Waals surface area (Å²) in [5.41, 5.74) is 2.54. The molecule has 1 saturated heterocycles. The predicted octanol–water partition coefficient (Wildman–Crippen LogP) is 2.29. The van der Waals surface area contributed by atoms with Crippen LogP contribution in [0.4, 0.5) is 0 Å². The number of carbonyl (C=O) groups is 2. The van der Waals surface area contributed by atoms with Crippen molar-refractivity contribution >= 4 is 11.9 Å². The normalized spacial score (nSPS) is 29.1. The van der Waals surface area contributed by atoms with E-state index < -0.39 is 12.0 Å². The molecule has 0 spiro atoms. The quantitative estimate of drug-likeness (QED) is 0.915. The smallest absolute Gasteiger partial charge is 0.320 e. The minimum absolute atomic E-state index is 0.0759. The number of carbonyl (C=O) groups excluding carboxylic acids is 1. The Morgan fingerprint density at radius 3 is 2.68 bits per heavy atom. The lowest BCUT2D eigenvalue weighted by Gasteiger charge is -2.35. The van der Waals surface area contributed by atoms with Crippen LogP contribution in [0.1, 0.15) is 43.2 Å². The number of aliphatic carboxylic acids is 1. The van der Waals surface area contributed by atoms with E-state index in [1.54, 1.807) is 0 Å². The first kappa shape index (κ1) is 16.6. The molecular weight excluding hydrogens is 316 g/mol. The minimum atomic E-state index is -0.772. The van der Waals surface area contributed by atoms with Crippen LogP contribution < -0.4 is 0 Å². The zero-order valence-electron chi connectivity index (χ0n) is 14.6. The van der Waals surface area contributed by atoms with Gasteiger partial charge in [0.15, 0.2) is 0 Å². The number of rotatable bonds is 3. The monoisotopic (exact) mass is 342 g/mol. The van der Waals surface area contributed by atoms with Crippen molar-refractivity contribution < 1.29 is 14.7 Å². The Bertz CT molecular complexity index is 675. The van der Waals surface area contributed by atoms with E-state index >= 15 is 0 Å². The van der Waals surface area contributed by atoms with E-state index in [2.05, 4.69) is 12.1 Å². The van der Waals surface area contributed by atoms with E-state index in [1.807, 2.05) is 21.9 Å². The average Bonchev–Trinajstić information content (AvgIpc) is 3.00. The zero-order chi connectivity index (χ0) is 17.4. The van der Waals surface area contributed by atoms with Gasteiger partial charge in [-0.05, 0) is 42.7 Å². The minimum Gasteiger partial charge on any atom is -0.480 e. The van der Waals surface area contributed by atoms with Crippen molar-refractivity contribution in [2.45, 2.75) is 57.2 Å². The molecular formula is C20H26N2O3. The fourth-order valence-electron chi connectivity index (χ4n) is 4.99. The molecule has 5 heteroatoms. The van der Waals surface area contributed by atoms with Gasteiger partial charge in [-0.2, -0.15) is 0 Å². The fourth-order valence-corrected chi connectivity index (χ4v) is 4.99. The number of fused-ring (bicyclic) bond motifs is 2. The van der Waals surface area contributed by atoms with Gasteiger partial charge >= 0.3 is 5.97 Å². The van der Waals surface area contributed by atoms with Crippen LogP contribution in [0.2, 0.25) is 0 Å². The Labute approximate surface area is 148 Å². The molecule has 0 unspecified atom stereocenters. The molecule has 1 aromatic carbocycles. The first-order valence-electron chi connectivity index (χ1n) is 9.46. The number of benzene rings is 1. The summed E-state index contributed by atoms with van der Waals surface area (Å²) in [6, 6.07) is 8.05. The zero-order valence-corrected chi connectivity index (χ0v) is 14.6. The SMILES string of the molecule is O=C(O)[C@@H]1C[C@@H]2CCCC[C@H]2N1CC(=O)N1CCc2ccccc2C1. The topological polar surface area (TPSA) is 60.9 Å². The maximum absolute atomic E-state index is 12.9. The van der Waals surface area contributed by atoms with Crippen LogP contribution in [0.3, 0.4) is 0 Å². The van der Waals surface area contributed by atoms with Gasteiger partial charge in [0.2, 0.25) is 5.91 Å². The summed E-state index contributed by atoms with van der Waals surface area (Å²) in [5.74, 6) is -0.247. The molecule has 134 valence electrons. The molecule has 2 aliphatic heterocycles. The Hall–Kier alpha value is -1.88. The number of nitrogens with zero attached hydrogens (tertiary/aromatic N) is 2. The van der Waals surface area contributed by atoms with Crippen molar-refractivity contribution in [2.75, 3.05) is 13.1 Å². The van der Waals surface area contributed by atoms with Gasteiger partial charge in [0.25, 0.3) is 0 Å². The number of likely N-dealkylation sites (tertiary alicyclic amines) is 1. The summed E-state index contributed by atoms with van der Waals surface area (Å²) in [5, 5.41) is 9.62. The van der Waals surface area contributed by atoms with Crippen molar-refractivity contribution in [1.29, 1.82) is 0 Å². The second-order valence-corrected chi connectivity index (χ2v) is 7.71. The largest absolute Gasteiger partial charge is 0.480 e. The maximum atomic E-state index is 12.9. The van der Waals surface area contributed by atoms with Gasteiger partial charge in [0.1, 0.15) is 6.04 Å². The molecule has 25 heavy (non-hydrogen) atoms. The van der Waals surface area contributed by atoms with E-state index in [0.29, 0.717) is 18.9 Å². The lowest BCUT2D eigenvalue weighted by molar-refractivity contribution is -0.144. The highest BCUT2D eigenvalue weighted by molar-refractivity contribution is 5.80. The van der Waals surface area contributed by atoms with Crippen LogP contribution in [0, 0.1) is 5.92 Å². The molecule has 1 aromatic rings. The standard InChI is InChI=1S/C20H26N2O3/c23-19(21-10-9-14-5-1-2-7-16(14)12-21)13-22-17-8-4-3-6-15(17)11-18(22)20(24)25/h1-2,5,7,15,17-18H,3-4,6,8-13H2,(H,24,25)/t15-,17+,18-/m0/s1. The number of hydrogen-bond acceptors (Lipinski definition) is 3. The van der Waals surface area contributed by atoms with Gasteiger partial charge in [-0.15, -0.1) is 0 Å². The van der Waals surface area contributed by atoms with Crippen molar-refractivity contribution in [3.63, 3.8) is 0 Å². The molecule has 2 heterocycles. The first-order chi connectivity index (χ1) is 12.1. The second kappa shape index (κ2) is 6.79. The Morgan fingerprint density at radius 1 is 1.12 bits per heavy atom. The van der Waals surface area contributed by atoms with Crippen LogP contribution in [0.25, 0.3) is 0 Å². The van der Waals surface area contributed by atoms with Gasteiger partial charge in [-0.25, -0.2) is 0 Å². The van der Waals surface area contributed by atoms with Gasteiger partial charge < -0.3 is 10.0 Å². The molecule has 3 atom stereocenters. The molecule has 3 aliphatic rings. The molecule has 1 saturated carbocycles. The molecule has 0 bridgehead atoms. The third kappa shape index (κ3) is 3.17. The summed E-state index contributed by atoms with van der Waals surface area (Å²) in [6.45, 7) is 1.63. The maximum Gasteiger partial charge on any atom is 0.320 e. The molecule has 5 nitrogen and oxygen atoms in total. The van der Waals surface area contributed by atoms with Crippen molar-refractivity contribution in [3.05, 3.63) is 35.4 Å². The molecule has 1 amide bonds. The molecule has 0 aromatic heterocycles. The number of hydrogen-bond donors (Lipinski definition) is 1. The lowest BCUT2D eigenvalue weighted by Crippen LogP contribution is -2.49. The van der Waals surface area contributed by atoms with E-state index in [4.69, 9.17) is 0 Å². The Kier molecular flexibility index (Phi) is 4.50. The van der Waals surface area contributed by atoms with E-state index in [9.17, 15) is 14.7 Å². The van der Waals surface area contributed by atoms with Gasteiger partial charge in [0, 0.05) is 19.1 Å². The van der Waals surface area contributed by atoms with Gasteiger partial charge in [-0.1, -0.05) is 37.1 Å². The third-order valence-electron chi connectivity index (χ3n) is 6.31. The number of carboxylic acid groups (broad SMARTS) is 1. The summed E-state index contributed by atoms with van der Waals surface area (Å²) < 4.78 is 0. The van der Waals surface area contributed by atoms with E-state index in [0.717, 1.165) is 32.2 Å². The summed E-state index contributed by atoms with van der Waals surface area (Å²) in [6.07, 6.45) is 6.07. The van der Waals surface area contributed by atoms with E-state index in [1.165, 1.54) is 17.5 Å². The Morgan fingerprint density at radius 2 is 1.88 bits per heavy atom. The van der Waals surface area contributed by atoms with Crippen LogP contribution >= 0.6 is 0 Å². The highest BCUT2D eigenvalue weighted by atomic mass is 16.4. The van der Waals surface area contributed by atoms with Crippen LogP contribution in [-0.2, 0) is 22.6 Å². The predicted molar refractivity (Wildman–Crippen MR) is 94.1 cm³/mol. The van der Waals surface area contributed by atoms with Crippen LogP contribution in [0.15, 0.2) is 24.3 Å². The van der Waals surface area contributed by atoms with Crippen molar-refractivity contribution in [3.8, 4) is 0 Å². The van der Waals surface area contributed by atoms with E-state index in [-0.39, 0.29) is 18.5 Å². The van der Waals surface area contributed by atoms with Crippen LogP contribution in [-0.4, -0.2) is 52.0 Å². The third-order valence-corrected chi connectivity index (χ3v) is 6.31. The summed E-state index contributed by atoms with van der Waals surface area (Å²) in [4.78, 5) is 28.5. The van der Waals surface area contributed by atoms with Crippen molar-refractivity contribution in [1.82, 2.24) is 9.80 Å².